The van der Waals surface area contributed by atoms with Crippen LogP contribution < -0.4 is 14.4 Å². The molecule has 3 rings (SSSR count). The lowest BCUT2D eigenvalue weighted by Crippen LogP contribution is -2.41. The number of hydrogen-bond donors (Lipinski definition) is 1. The maximum Gasteiger partial charge on any atom is 0.264 e. The Bertz CT molecular complexity index is 1180. The van der Waals surface area contributed by atoms with Gasteiger partial charge in [0.15, 0.2) is 0 Å². The van der Waals surface area contributed by atoms with Gasteiger partial charge < -0.3 is 10.1 Å². The summed E-state index contributed by atoms with van der Waals surface area (Å²) in [5, 5.41) is 3.16. The molecule has 34 heavy (non-hydrogen) atoms. The second kappa shape index (κ2) is 12.7. The minimum Gasteiger partial charge on any atom is -0.495 e. The van der Waals surface area contributed by atoms with Crippen molar-refractivity contribution in [2.45, 2.75) is 17.1 Å². The molecule has 0 bridgehead atoms. The molecule has 0 spiro atoms. The van der Waals surface area contributed by atoms with Gasteiger partial charge in [-0.25, -0.2) is 8.42 Å². The van der Waals surface area contributed by atoms with Crippen LogP contribution in [0, 0.1) is 0 Å². The second-order valence-electron chi connectivity index (χ2n) is 7.38. The van der Waals surface area contributed by atoms with E-state index in [-0.39, 0.29) is 10.6 Å². The molecule has 0 unspecified atom stereocenters. The van der Waals surface area contributed by atoms with Crippen molar-refractivity contribution < 1.29 is 17.9 Å². The van der Waals surface area contributed by atoms with E-state index in [9.17, 15) is 13.2 Å². The predicted octanol–water partition coefficient (Wildman–Crippen LogP) is 4.98. The Morgan fingerprint density at radius 2 is 1.71 bits per heavy atom. The van der Waals surface area contributed by atoms with E-state index >= 15 is 0 Å². The van der Waals surface area contributed by atoms with E-state index in [0.717, 1.165) is 22.2 Å². The summed E-state index contributed by atoms with van der Waals surface area (Å²) in [5.41, 5.74) is 1.46. The van der Waals surface area contributed by atoms with E-state index in [1.165, 1.54) is 30.9 Å². The average molecular weight is 519 g/mol. The molecule has 0 aromatic heterocycles. The number of carbonyl (C=O) groups excluding carboxylic acids is 1. The first-order valence-electron chi connectivity index (χ1n) is 10.7. The van der Waals surface area contributed by atoms with Crippen LogP contribution in [0.3, 0.4) is 0 Å². The number of amides is 1. The lowest BCUT2D eigenvalue weighted by Gasteiger charge is -2.25. The highest BCUT2D eigenvalue weighted by molar-refractivity contribution is 7.98. The number of anilines is 1. The van der Waals surface area contributed by atoms with E-state index in [2.05, 4.69) is 17.4 Å². The summed E-state index contributed by atoms with van der Waals surface area (Å²) in [7, 11) is -2.60. The monoisotopic (exact) mass is 518 g/mol. The fourth-order valence-electron chi connectivity index (χ4n) is 3.23. The summed E-state index contributed by atoms with van der Waals surface area (Å²) in [5.74, 6) is 1.68. The number of nitrogens with one attached hydrogen (secondary N) is 1. The molecule has 0 saturated carbocycles. The van der Waals surface area contributed by atoms with Crippen molar-refractivity contribution in [3.8, 4) is 5.75 Å². The van der Waals surface area contributed by atoms with Crippen LogP contribution in [-0.4, -0.2) is 40.3 Å². The summed E-state index contributed by atoms with van der Waals surface area (Å²) >= 11 is 7.94. The van der Waals surface area contributed by atoms with Crippen LogP contribution in [-0.2, 0) is 20.6 Å². The first kappa shape index (κ1) is 25.9. The number of ether oxygens (including phenoxy) is 1. The number of nitrogens with zero attached hydrogens (tertiary/aromatic N) is 1. The van der Waals surface area contributed by atoms with Gasteiger partial charge in [-0.2, -0.15) is 11.8 Å². The molecular weight excluding hydrogens is 492 g/mol. The van der Waals surface area contributed by atoms with Crippen LogP contribution in [0.2, 0.25) is 5.02 Å². The molecule has 6 nitrogen and oxygen atoms in total. The SMILES string of the molecule is COc1ccc(Cl)cc1N(CC(=O)NCCCSCc1ccccc1)S(=O)(=O)c1ccccc1. The quantitative estimate of drug-likeness (QED) is 0.342. The highest BCUT2D eigenvalue weighted by Crippen LogP contribution is 2.34. The fourth-order valence-corrected chi connectivity index (χ4v) is 5.76. The van der Waals surface area contributed by atoms with E-state index in [1.54, 1.807) is 42.1 Å². The first-order valence-corrected chi connectivity index (χ1v) is 13.7. The number of thioether (sulfide) groups is 1. The summed E-state index contributed by atoms with van der Waals surface area (Å²) in [4.78, 5) is 12.8. The molecule has 0 saturated heterocycles. The lowest BCUT2D eigenvalue weighted by atomic mass is 10.2. The van der Waals surface area contributed by atoms with Crippen molar-refractivity contribution in [1.29, 1.82) is 0 Å². The number of hydrogen-bond acceptors (Lipinski definition) is 5. The third-order valence-electron chi connectivity index (χ3n) is 4.93. The van der Waals surface area contributed by atoms with E-state index in [0.29, 0.717) is 17.3 Å². The fraction of sp³-hybridized carbons (Fsp3) is 0.240. The Hall–Kier alpha value is -2.68. The maximum absolute atomic E-state index is 13.4. The average Bonchev–Trinajstić information content (AvgIpc) is 2.85. The van der Waals surface area contributed by atoms with Gasteiger partial charge in [0.05, 0.1) is 17.7 Å². The molecule has 3 aromatic carbocycles. The van der Waals surface area contributed by atoms with Crippen molar-refractivity contribution in [3.63, 3.8) is 0 Å². The molecule has 1 N–H and O–H groups in total. The van der Waals surface area contributed by atoms with E-state index < -0.39 is 22.5 Å². The van der Waals surface area contributed by atoms with Gasteiger partial charge in [-0.3, -0.25) is 9.10 Å². The summed E-state index contributed by atoms with van der Waals surface area (Å²) in [6.45, 7) is 0.0532. The van der Waals surface area contributed by atoms with Crippen molar-refractivity contribution >= 4 is 45.0 Å². The highest BCUT2D eigenvalue weighted by atomic mass is 35.5. The Morgan fingerprint density at radius 3 is 2.38 bits per heavy atom. The molecule has 0 heterocycles. The Kier molecular flexibility index (Phi) is 9.68. The van der Waals surface area contributed by atoms with Crippen LogP contribution in [0.5, 0.6) is 5.75 Å². The van der Waals surface area contributed by atoms with E-state index in [4.69, 9.17) is 16.3 Å². The van der Waals surface area contributed by atoms with Crippen LogP contribution in [0.1, 0.15) is 12.0 Å². The van der Waals surface area contributed by atoms with Crippen molar-refractivity contribution in [2.75, 3.05) is 30.3 Å². The standard InChI is InChI=1S/C25H27ClN2O4S2/c1-32-24-14-13-21(26)17-23(24)28(34(30,31)22-11-6-3-7-12-22)18-25(29)27-15-8-16-33-19-20-9-4-2-5-10-20/h2-7,9-14,17H,8,15-16,18-19H2,1H3,(H,27,29). The topological polar surface area (TPSA) is 75.7 Å². The highest BCUT2D eigenvalue weighted by Gasteiger charge is 2.29. The van der Waals surface area contributed by atoms with Crippen molar-refractivity contribution in [1.82, 2.24) is 5.32 Å². The van der Waals surface area contributed by atoms with Gasteiger partial charge in [-0.15, -0.1) is 0 Å². The normalized spacial score (nSPS) is 11.1. The minimum atomic E-state index is -4.04. The second-order valence-corrected chi connectivity index (χ2v) is 10.8. The largest absolute Gasteiger partial charge is 0.495 e. The molecule has 180 valence electrons. The minimum absolute atomic E-state index is 0.0714. The van der Waals surface area contributed by atoms with Gasteiger partial charge >= 0.3 is 0 Å². The van der Waals surface area contributed by atoms with Crippen LogP contribution in [0.4, 0.5) is 5.69 Å². The Morgan fingerprint density at radius 1 is 1.03 bits per heavy atom. The summed E-state index contributed by atoms with van der Waals surface area (Å²) < 4.78 is 33.3. The molecule has 0 fully saturated rings. The van der Waals surface area contributed by atoms with Gasteiger partial charge in [0.2, 0.25) is 5.91 Å². The predicted molar refractivity (Wildman–Crippen MR) is 139 cm³/mol. The molecule has 0 radical (unpaired) electrons. The Labute approximate surface area is 210 Å². The van der Waals surface area contributed by atoms with Gasteiger partial charge in [0.25, 0.3) is 10.0 Å². The number of rotatable bonds is 12. The molecule has 1 amide bonds. The molecule has 9 heteroatoms. The zero-order chi connectivity index (χ0) is 24.4. The van der Waals surface area contributed by atoms with Gasteiger partial charge in [-0.1, -0.05) is 60.1 Å². The third kappa shape index (κ3) is 7.16. The maximum atomic E-state index is 13.4. The lowest BCUT2D eigenvalue weighted by molar-refractivity contribution is -0.119. The zero-order valence-corrected chi connectivity index (χ0v) is 21.2. The number of halogens is 1. The Balaban J connectivity index is 1.66. The summed E-state index contributed by atoms with van der Waals surface area (Å²) in [6.07, 6.45) is 0.773. The molecule has 0 aliphatic heterocycles. The molecular formula is C25H27ClN2O4S2. The first-order chi connectivity index (χ1) is 16.4. The smallest absolute Gasteiger partial charge is 0.264 e. The number of methoxy groups -OCH3 is 1. The van der Waals surface area contributed by atoms with Crippen LogP contribution >= 0.6 is 23.4 Å². The number of carbonyl (C=O) groups is 1. The molecule has 0 aliphatic rings. The van der Waals surface area contributed by atoms with Gasteiger partial charge in [0, 0.05) is 17.3 Å². The molecule has 3 aromatic rings. The molecule has 0 aliphatic carbocycles. The summed E-state index contributed by atoms with van der Waals surface area (Å²) in [6, 6.07) is 22.8. The van der Waals surface area contributed by atoms with Crippen molar-refractivity contribution in [2.24, 2.45) is 0 Å². The van der Waals surface area contributed by atoms with Crippen molar-refractivity contribution in [3.05, 3.63) is 89.4 Å². The van der Waals surface area contributed by atoms with E-state index in [1.807, 2.05) is 18.2 Å². The van der Waals surface area contributed by atoms with Crippen LogP contribution in [0.25, 0.3) is 0 Å². The van der Waals surface area contributed by atoms with Gasteiger partial charge in [0.1, 0.15) is 12.3 Å². The zero-order valence-electron chi connectivity index (χ0n) is 18.8. The number of benzene rings is 3. The van der Waals surface area contributed by atoms with Gasteiger partial charge in [-0.05, 0) is 48.1 Å². The number of sulfonamides is 1. The van der Waals surface area contributed by atoms with Crippen LogP contribution in [0.15, 0.2) is 83.8 Å². The third-order valence-corrected chi connectivity index (χ3v) is 8.05. The molecule has 0 atom stereocenters.